The van der Waals surface area contributed by atoms with Gasteiger partial charge in [-0.3, -0.25) is 14.9 Å². The lowest BCUT2D eigenvalue weighted by atomic mass is 10.2. The van der Waals surface area contributed by atoms with Crippen molar-refractivity contribution in [1.82, 2.24) is 4.98 Å². The molecule has 8 heteroatoms. The Morgan fingerprint density at radius 2 is 2.17 bits per heavy atom. The van der Waals surface area contributed by atoms with Crippen molar-refractivity contribution >= 4 is 34.7 Å². The van der Waals surface area contributed by atoms with Crippen LogP contribution in [-0.4, -0.2) is 28.4 Å². The van der Waals surface area contributed by atoms with Gasteiger partial charge < -0.3 is 10.2 Å². The minimum atomic E-state index is -0.515. The number of anilines is 2. The van der Waals surface area contributed by atoms with Crippen LogP contribution in [-0.2, 0) is 4.79 Å². The standard InChI is InChI=1S/C15H13ClN4O3/c16-10-2-1-3-11(8-10)19-7-6-13(15(19)21)18-14-5-4-12(9-17-14)20(22)23/h1-5,8-9,13H,6-7H2,(H,17,18). The van der Waals surface area contributed by atoms with Gasteiger partial charge in [-0.1, -0.05) is 17.7 Å². The molecule has 118 valence electrons. The van der Waals surface area contributed by atoms with E-state index in [9.17, 15) is 14.9 Å². The number of carbonyl (C=O) groups is 1. The van der Waals surface area contributed by atoms with Gasteiger partial charge in [-0.15, -0.1) is 0 Å². The molecule has 1 atom stereocenters. The van der Waals surface area contributed by atoms with Crippen LogP contribution in [0.5, 0.6) is 0 Å². The number of nitro groups is 1. The summed E-state index contributed by atoms with van der Waals surface area (Å²) in [5.74, 6) is 0.356. The number of pyridine rings is 1. The predicted octanol–water partition coefficient (Wildman–Crippen LogP) is 2.86. The molecule has 0 radical (unpaired) electrons. The smallest absolute Gasteiger partial charge is 0.287 e. The van der Waals surface area contributed by atoms with Gasteiger partial charge in [0.15, 0.2) is 0 Å². The molecule has 1 aromatic heterocycles. The number of benzene rings is 1. The van der Waals surface area contributed by atoms with E-state index in [0.29, 0.717) is 23.8 Å². The zero-order chi connectivity index (χ0) is 16.4. The summed E-state index contributed by atoms with van der Waals surface area (Å²) in [7, 11) is 0. The Balaban J connectivity index is 1.70. The number of hydrogen-bond acceptors (Lipinski definition) is 5. The highest BCUT2D eigenvalue weighted by atomic mass is 35.5. The van der Waals surface area contributed by atoms with Crippen molar-refractivity contribution in [2.45, 2.75) is 12.5 Å². The van der Waals surface area contributed by atoms with Crippen LogP contribution in [0.1, 0.15) is 6.42 Å². The van der Waals surface area contributed by atoms with Crippen LogP contribution < -0.4 is 10.2 Å². The quantitative estimate of drug-likeness (QED) is 0.687. The molecular weight excluding hydrogens is 320 g/mol. The summed E-state index contributed by atoms with van der Waals surface area (Å²) < 4.78 is 0. The molecule has 0 spiro atoms. The molecule has 23 heavy (non-hydrogen) atoms. The van der Waals surface area contributed by atoms with E-state index in [0.717, 1.165) is 11.9 Å². The molecule has 2 aromatic rings. The largest absolute Gasteiger partial charge is 0.358 e. The second-order valence-corrected chi connectivity index (χ2v) is 5.55. The highest BCUT2D eigenvalue weighted by Crippen LogP contribution is 2.25. The molecule has 1 amide bonds. The lowest BCUT2D eigenvalue weighted by Gasteiger charge is -2.17. The van der Waals surface area contributed by atoms with Crippen molar-refractivity contribution in [3.05, 3.63) is 57.7 Å². The summed E-state index contributed by atoms with van der Waals surface area (Å²) in [4.78, 5) is 28.2. The van der Waals surface area contributed by atoms with Gasteiger partial charge in [-0.2, -0.15) is 0 Å². The average molecular weight is 333 g/mol. The minimum absolute atomic E-state index is 0.0765. The fraction of sp³-hybridized carbons (Fsp3) is 0.200. The van der Waals surface area contributed by atoms with Crippen molar-refractivity contribution in [2.75, 3.05) is 16.8 Å². The Labute approximate surface area is 137 Å². The van der Waals surface area contributed by atoms with Crippen LogP contribution >= 0.6 is 11.6 Å². The number of aromatic nitrogens is 1. The Morgan fingerprint density at radius 3 is 2.83 bits per heavy atom. The van der Waals surface area contributed by atoms with Crippen molar-refractivity contribution in [1.29, 1.82) is 0 Å². The molecular formula is C15H13ClN4O3. The first-order valence-electron chi connectivity index (χ1n) is 6.98. The first kappa shape index (κ1) is 15.2. The van der Waals surface area contributed by atoms with Gasteiger partial charge in [-0.25, -0.2) is 4.98 Å². The van der Waals surface area contributed by atoms with Crippen molar-refractivity contribution in [3.8, 4) is 0 Å². The lowest BCUT2D eigenvalue weighted by molar-refractivity contribution is -0.385. The SMILES string of the molecule is O=C1C(Nc2ccc([N+](=O)[O-])cn2)CCN1c1cccc(Cl)c1. The first-order chi connectivity index (χ1) is 11.0. The number of hydrogen-bond donors (Lipinski definition) is 1. The van der Waals surface area contributed by atoms with E-state index in [2.05, 4.69) is 10.3 Å². The summed E-state index contributed by atoms with van der Waals surface area (Å²) in [6.07, 6.45) is 1.78. The monoisotopic (exact) mass is 332 g/mol. The van der Waals surface area contributed by atoms with Crippen LogP contribution in [0.3, 0.4) is 0 Å². The van der Waals surface area contributed by atoms with E-state index >= 15 is 0 Å². The van der Waals surface area contributed by atoms with Gasteiger partial charge in [0.1, 0.15) is 18.1 Å². The molecule has 1 aliphatic heterocycles. The van der Waals surface area contributed by atoms with Crippen LogP contribution in [0.2, 0.25) is 5.02 Å². The normalized spacial score (nSPS) is 17.3. The van der Waals surface area contributed by atoms with Crippen LogP contribution in [0.4, 0.5) is 17.2 Å². The van der Waals surface area contributed by atoms with Gasteiger partial charge >= 0.3 is 0 Å². The number of rotatable bonds is 4. The maximum absolute atomic E-state index is 12.5. The third kappa shape index (κ3) is 3.24. The molecule has 1 saturated heterocycles. The second-order valence-electron chi connectivity index (χ2n) is 5.11. The van der Waals surface area contributed by atoms with Crippen molar-refractivity contribution in [3.63, 3.8) is 0 Å². The first-order valence-corrected chi connectivity index (χ1v) is 7.36. The molecule has 1 N–H and O–H groups in total. The van der Waals surface area contributed by atoms with Crippen LogP contribution in [0, 0.1) is 10.1 Å². The fourth-order valence-corrected chi connectivity index (χ4v) is 2.66. The molecule has 1 unspecified atom stereocenters. The van der Waals surface area contributed by atoms with Gasteiger partial charge in [0.2, 0.25) is 5.91 Å². The number of nitrogens with one attached hydrogen (secondary N) is 1. The molecule has 0 aliphatic carbocycles. The number of halogens is 1. The Bertz CT molecular complexity index is 751. The second kappa shape index (κ2) is 6.21. The van der Waals surface area contributed by atoms with E-state index in [1.54, 1.807) is 23.1 Å². The maximum Gasteiger partial charge on any atom is 0.287 e. The molecule has 1 fully saturated rings. The van der Waals surface area contributed by atoms with Gasteiger partial charge in [-0.05, 0) is 30.7 Å². The summed E-state index contributed by atoms with van der Waals surface area (Å²) in [6, 6.07) is 9.55. The van der Waals surface area contributed by atoms with Crippen LogP contribution in [0.25, 0.3) is 0 Å². The number of amides is 1. The van der Waals surface area contributed by atoms with E-state index < -0.39 is 11.0 Å². The van der Waals surface area contributed by atoms with Gasteiger partial charge in [0.25, 0.3) is 5.69 Å². The zero-order valence-corrected chi connectivity index (χ0v) is 12.7. The van der Waals surface area contributed by atoms with E-state index in [1.807, 2.05) is 6.07 Å². The molecule has 7 nitrogen and oxygen atoms in total. The predicted molar refractivity (Wildman–Crippen MR) is 86.7 cm³/mol. The molecule has 0 saturated carbocycles. The summed E-state index contributed by atoms with van der Waals surface area (Å²) in [5.41, 5.74) is 0.664. The average Bonchev–Trinajstić information content (AvgIpc) is 2.89. The minimum Gasteiger partial charge on any atom is -0.358 e. The maximum atomic E-state index is 12.5. The van der Waals surface area contributed by atoms with E-state index in [1.165, 1.54) is 12.1 Å². The Kier molecular flexibility index (Phi) is 4.12. The summed E-state index contributed by atoms with van der Waals surface area (Å²) in [5, 5.41) is 14.2. The lowest BCUT2D eigenvalue weighted by Crippen LogP contribution is -2.33. The van der Waals surface area contributed by atoms with Crippen LogP contribution in [0.15, 0.2) is 42.6 Å². The van der Waals surface area contributed by atoms with E-state index in [-0.39, 0.29) is 11.6 Å². The highest BCUT2D eigenvalue weighted by molar-refractivity contribution is 6.31. The van der Waals surface area contributed by atoms with E-state index in [4.69, 9.17) is 11.6 Å². The highest BCUT2D eigenvalue weighted by Gasteiger charge is 2.32. The Morgan fingerprint density at radius 1 is 1.35 bits per heavy atom. The molecule has 3 rings (SSSR count). The molecule has 1 aromatic carbocycles. The van der Waals surface area contributed by atoms with Crippen molar-refractivity contribution < 1.29 is 9.72 Å². The van der Waals surface area contributed by atoms with Gasteiger partial charge in [0, 0.05) is 23.3 Å². The third-order valence-corrected chi connectivity index (χ3v) is 3.84. The Hall–Kier alpha value is -2.67. The third-order valence-electron chi connectivity index (χ3n) is 3.61. The number of nitrogens with zero attached hydrogens (tertiary/aromatic N) is 3. The van der Waals surface area contributed by atoms with Gasteiger partial charge in [0.05, 0.1) is 4.92 Å². The number of carbonyl (C=O) groups excluding carboxylic acids is 1. The summed E-state index contributed by atoms with van der Waals surface area (Å²) in [6.45, 7) is 0.573. The zero-order valence-electron chi connectivity index (χ0n) is 12.0. The summed E-state index contributed by atoms with van der Waals surface area (Å²) >= 11 is 5.96. The molecule has 1 aliphatic rings. The molecule has 0 bridgehead atoms. The fourth-order valence-electron chi connectivity index (χ4n) is 2.47. The topological polar surface area (TPSA) is 88.4 Å². The molecule has 2 heterocycles. The van der Waals surface area contributed by atoms with Crippen molar-refractivity contribution in [2.24, 2.45) is 0 Å².